The predicted molar refractivity (Wildman–Crippen MR) is 82.9 cm³/mol. The van der Waals surface area contributed by atoms with Crippen LogP contribution in [0.15, 0.2) is 43.0 Å². The van der Waals surface area contributed by atoms with Crippen LogP contribution in [-0.2, 0) is 11.3 Å². The molecule has 0 saturated carbocycles. The Labute approximate surface area is 130 Å². The van der Waals surface area contributed by atoms with Gasteiger partial charge in [0, 0.05) is 31.5 Å². The zero-order valence-electron chi connectivity index (χ0n) is 12.9. The molecule has 1 heterocycles. The lowest BCUT2D eigenvalue weighted by atomic mass is 10.3. The minimum Gasteiger partial charge on any atom is -0.497 e. The summed E-state index contributed by atoms with van der Waals surface area (Å²) in [4.78, 5) is 15.9. The van der Waals surface area contributed by atoms with Crippen molar-refractivity contribution in [3.8, 4) is 11.5 Å². The molecule has 0 bridgehead atoms. The Kier molecular flexibility index (Phi) is 5.82. The van der Waals surface area contributed by atoms with E-state index in [0.717, 1.165) is 13.0 Å². The molecule has 6 nitrogen and oxygen atoms in total. The molecule has 0 aliphatic rings. The summed E-state index contributed by atoms with van der Waals surface area (Å²) in [6.07, 6.45) is 5.68. The van der Waals surface area contributed by atoms with Crippen molar-refractivity contribution in [2.75, 3.05) is 13.7 Å². The minimum absolute atomic E-state index is 0.131. The first-order chi connectivity index (χ1) is 10.7. The highest BCUT2D eigenvalue weighted by Gasteiger charge is 2.14. The summed E-state index contributed by atoms with van der Waals surface area (Å²) in [6, 6.07) is 7.20. The summed E-state index contributed by atoms with van der Waals surface area (Å²) >= 11 is 0. The highest BCUT2D eigenvalue weighted by atomic mass is 16.5. The number of methoxy groups -OCH3 is 1. The lowest BCUT2D eigenvalue weighted by Crippen LogP contribution is -2.37. The summed E-state index contributed by atoms with van der Waals surface area (Å²) < 4.78 is 12.7. The maximum absolute atomic E-state index is 12.0. The molecule has 0 aliphatic heterocycles. The van der Waals surface area contributed by atoms with E-state index < -0.39 is 6.10 Å². The van der Waals surface area contributed by atoms with Gasteiger partial charge in [-0.1, -0.05) is 6.07 Å². The number of carbonyl (C=O) groups is 1. The van der Waals surface area contributed by atoms with Gasteiger partial charge in [0.1, 0.15) is 11.5 Å². The molecule has 2 rings (SSSR count). The molecule has 1 atom stereocenters. The molecule has 0 spiro atoms. The molecule has 1 aromatic carbocycles. The Morgan fingerprint density at radius 1 is 1.41 bits per heavy atom. The first-order valence-electron chi connectivity index (χ1n) is 7.23. The van der Waals surface area contributed by atoms with Gasteiger partial charge in [-0.25, -0.2) is 4.98 Å². The quantitative estimate of drug-likeness (QED) is 0.756. The topological polar surface area (TPSA) is 65.4 Å². The molecule has 2 aromatic rings. The standard InChI is InChI=1S/C16H21N3O3/c1-13(22-15-6-3-5-14(11-15)21-2)16(20)18-7-4-9-19-10-8-17-12-19/h3,5-6,8,10-13H,4,7,9H2,1-2H3,(H,18,20)/t13-/m0/s1. The number of hydrogen-bond donors (Lipinski definition) is 1. The van der Waals surface area contributed by atoms with E-state index in [9.17, 15) is 4.79 Å². The highest BCUT2D eigenvalue weighted by Crippen LogP contribution is 2.19. The van der Waals surface area contributed by atoms with Gasteiger partial charge in [0.25, 0.3) is 5.91 Å². The molecule has 1 aromatic heterocycles. The second-order valence-electron chi connectivity index (χ2n) is 4.88. The third-order valence-corrected chi connectivity index (χ3v) is 3.17. The monoisotopic (exact) mass is 303 g/mol. The number of amides is 1. The van der Waals surface area contributed by atoms with E-state index in [0.29, 0.717) is 18.0 Å². The van der Waals surface area contributed by atoms with Crippen molar-refractivity contribution < 1.29 is 14.3 Å². The molecule has 6 heteroatoms. The zero-order chi connectivity index (χ0) is 15.8. The van der Waals surface area contributed by atoms with Crippen LogP contribution in [0.5, 0.6) is 11.5 Å². The molecule has 0 saturated heterocycles. The number of nitrogens with one attached hydrogen (secondary N) is 1. The second-order valence-corrected chi connectivity index (χ2v) is 4.88. The fourth-order valence-electron chi connectivity index (χ4n) is 1.97. The van der Waals surface area contributed by atoms with E-state index in [-0.39, 0.29) is 5.91 Å². The van der Waals surface area contributed by atoms with Crippen LogP contribution in [0, 0.1) is 0 Å². The third kappa shape index (κ3) is 4.80. The van der Waals surface area contributed by atoms with Crippen molar-refractivity contribution in [1.29, 1.82) is 0 Å². The lowest BCUT2D eigenvalue weighted by Gasteiger charge is -2.15. The Hall–Kier alpha value is -2.50. The van der Waals surface area contributed by atoms with Gasteiger partial charge >= 0.3 is 0 Å². The SMILES string of the molecule is COc1cccc(O[C@@H](C)C(=O)NCCCn2ccnc2)c1. The first kappa shape index (κ1) is 15.9. The number of nitrogens with zero attached hydrogens (tertiary/aromatic N) is 2. The number of rotatable bonds is 8. The van der Waals surface area contributed by atoms with E-state index in [4.69, 9.17) is 9.47 Å². The van der Waals surface area contributed by atoms with Gasteiger partial charge in [-0.15, -0.1) is 0 Å². The maximum atomic E-state index is 12.0. The Balaban J connectivity index is 1.72. The van der Waals surface area contributed by atoms with Crippen LogP contribution in [0.4, 0.5) is 0 Å². The summed E-state index contributed by atoms with van der Waals surface area (Å²) in [5.41, 5.74) is 0. The number of ether oxygens (including phenoxy) is 2. The molecule has 0 unspecified atom stereocenters. The Morgan fingerprint density at radius 3 is 2.95 bits per heavy atom. The van der Waals surface area contributed by atoms with Crippen LogP contribution < -0.4 is 14.8 Å². The maximum Gasteiger partial charge on any atom is 0.260 e. The highest BCUT2D eigenvalue weighted by molar-refractivity contribution is 5.80. The van der Waals surface area contributed by atoms with E-state index in [1.165, 1.54) is 0 Å². The van der Waals surface area contributed by atoms with Gasteiger partial charge in [0.15, 0.2) is 6.10 Å². The fourth-order valence-corrected chi connectivity index (χ4v) is 1.97. The largest absolute Gasteiger partial charge is 0.497 e. The average molecular weight is 303 g/mol. The van der Waals surface area contributed by atoms with Gasteiger partial charge in [0.2, 0.25) is 0 Å². The Bertz CT molecular complexity index is 584. The molecule has 1 N–H and O–H groups in total. The molecular formula is C16H21N3O3. The van der Waals surface area contributed by atoms with E-state index in [1.807, 2.05) is 22.9 Å². The smallest absolute Gasteiger partial charge is 0.260 e. The summed E-state index contributed by atoms with van der Waals surface area (Å²) in [7, 11) is 1.59. The number of carbonyl (C=O) groups excluding carboxylic acids is 1. The predicted octanol–water partition coefficient (Wildman–Crippen LogP) is 1.87. The normalized spacial score (nSPS) is 11.7. The van der Waals surface area contributed by atoms with Gasteiger partial charge in [-0.2, -0.15) is 0 Å². The van der Waals surface area contributed by atoms with Crippen molar-refractivity contribution >= 4 is 5.91 Å². The Morgan fingerprint density at radius 2 is 2.23 bits per heavy atom. The van der Waals surface area contributed by atoms with Crippen LogP contribution in [0.3, 0.4) is 0 Å². The first-order valence-corrected chi connectivity index (χ1v) is 7.23. The molecular weight excluding hydrogens is 282 g/mol. The number of aromatic nitrogens is 2. The van der Waals surface area contributed by atoms with Crippen LogP contribution in [-0.4, -0.2) is 35.2 Å². The van der Waals surface area contributed by atoms with Crippen LogP contribution >= 0.6 is 0 Å². The van der Waals surface area contributed by atoms with Crippen LogP contribution in [0.1, 0.15) is 13.3 Å². The van der Waals surface area contributed by atoms with E-state index in [2.05, 4.69) is 10.3 Å². The van der Waals surface area contributed by atoms with Gasteiger partial charge < -0.3 is 19.4 Å². The molecule has 0 radical (unpaired) electrons. The van der Waals surface area contributed by atoms with Gasteiger partial charge in [-0.05, 0) is 25.5 Å². The third-order valence-electron chi connectivity index (χ3n) is 3.17. The van der Waals surface area contributed by atoms with Crippen LogP contribution in [0.2, 0.25) is 0 Å². The van der Waals surface area contributed by atoms with Gasteiger partial charge in [-0.3, -0.25) is 4.79 Å². The average Bonchev–Trinajstić information content (AvgIpc) is 3.04. The zero-order valence-corrected chi connectivity index (χ0v) is 12.9. The summed E-state index contributed by atoms with van der Waals surface area (Å²) in [5, 5.41) is 2.86. The number of benzene rings is 1. The van der Waals surface area contributed by atoms with Crippen molar-refractivity contribution in [3.63, 3.8) is 0 Å². The van der Waals surface area contributed by atoms with Crippen molar-refractivity contribution in [2.24, 2.45) is 0 Å². The lowest BCUT2D eigenvalue weighted by molar-refractivity contribution is -0.127. The molecule has 1 amide bonds. The molecule has 118 valence electrons. The number of hydrogen-bond acceptors (Lipinski definition) is 4. The second kappa shape index (κ2) is 8.07. The van der Waals surface area contributed by atoms with Crippen molar-refractivity contribution in [1.82, 2.24) is 14.9 Å². The fraction of sp³-hybridized carbons (Fsp3) is 0.375. The van der Waals surface area contributed by atoms with Crippen molar-refractivity contribution in [2.45, 2.75) is 26.0 Å². The number of imidazole rings is 1. The summed E-state index contributed by atoms with van der Waals surface area (Å²) in [6.45, 7) is 3.15. The number of aryl methyl sites for hydroxylation is 1. The molecule has 0 fully saturated rings. The van der Waals surface area contributed by atoms with E-state index >= 15 is 0 Å². The molecule has 22 heavy (non-hydrogen) atoms. The molecule has 0 aliphatic carbocycles. The minimum atomic E-state index is -0.555. The van der Waals surface area contributed by atoms with E-state index in [1.54, 1.807) is 38.7 Å². The summed E-state index contributed by atoms with van der Waals surface area (Å²) in [5.74, 6) is 1.18. The van der Waals surface area contributed by atoms with Crippen molar-refractivity contribution in [3.05, 3.63) is 43.0 Å². The van der Waals surface area contributed by atoms with Crippen LogP contribution in [0.25, 0.3) is 0 Å². The van der Waals surface area contributed by atoms with Gasteiger partial charge in [0.05, 0.1) is 13.4 Å².